The van der Waals surface area contributed by atoms with E-state index in [4.69, 9.17) is 11.6 Å². The second-order valence-corrected chi connectivity index (χ2v) is 9.22. The summed E-state index contributed by atoms with van der Waals surface area (Å²) in [6.07, 6.45) is 1.10. The lowest BCUT2D eigenvalue weighted by atomic mass is 9.93. The number of carbonyl (C=O) groups is 1. The number of hydrogen-bond donors (Lipinski definition) is 0. The van der Waals surface area contributed by atoms with Gasteiger partial charge in [-0.15, -0.1) is 11.3 Å². The van der Waals surface area contributed by atoms with Crippen LogP contribution in [0.4, 0.5) is 0 Å². The summed E-state index contributed by atoms with van der Waals surface area (Å²) in [4.78, 5) is 13.4. The average Bonchev–Trinajstić information content (AvgIpc) is 3.11. The Labute approximate surface area is 151 Å². The Balaban J connectivity index is 1.71. The zero-order valence-corrected chi connectivity index (χ0v) is 15.6. The van der Waals surface area contributed by atoms with Crippen LogP contribution in [0.2, 0.25) is 5.02 Å². The van der Waals surface area contributed by atoms with Crippen LogP contribution in [0.1, 0.15) is 28.1 Å². The highest BCUT2D eigenvalue weighted by Crippen LogP contribution is 2.28. The number of Topliss-reactive ketones (excluding diaryl/α,β-unsaturated/α-hetero) is 1. The molecule has 2 heterocycles. The van der Waals surface area contributed by atoms with E-state index in [1.165, 1.54) is 21.7 Å². The third-order valence-corrected chi connectivity index (χ3v) is 7.56. The third kappa shape index (κ3) is 3.42. The van der Waals surface area contributed by atoms with Crippen LogP contribution in [0.3, 0.4) is 0 Å². The number of piperidine rings is 1. The minimum atomic E-state index is -3.56. The Hall–Kier alpha value is -1.21. The van der Waals surface area contributed by atoms with Gasteiger partial charge in [-0.3, -0.25) is 4.79 Å². The van der Waals surface area contributed by atoms with Crippen LogP contribution in [0, 0.1) is 12.8 Å². The fourth-order valence-electron chi connectivity index (χ4n) is 2.86. The van der Waals surface area contributed by atoms with E-state index >= 15 is 0 Å². The summed E-state index contributed by atoms with van der Waals surface area (Å²) in [5.41, 5.74) is 0.843. The molecule has 1 aliphatic heterocycles. The summed E-state index contributed by atoms with van der Waals surface area (Å²) in [5, 5.41) is 2.33. The van der Waals surface area contributed by atoms with E-state index in [9.17, 15) is 13.2 Å². The smallest absolute Gasteiger partial charge is 0.243 e. The number of nitrogens with zero attached hydrogens (tertiary/aromatic N) is 1. The Bertz CT molecular complexity index is 839. The summed E-state index contributed by atoms with van der Waals surface area (Å²) in [5.74, 6) is 0.0251. The molecule has 1 aromatic heterocycles. The number of sulfonamides is 1. The van der Waals surface area contributed by atoms with Gasteiger partial charge < -0.3 is 0 Å². The van der Waals surface area contributed by atoms with Crippen LogP contribution in [0.25, 0.3) is 0 Å². The van der Waals surface area contributed by atoms with Gasteiger partial charge in [0.05, 0.1) is 9.77 Å². The summed E-state index contributed by atoms with van der Waals surface area (Å²) >= 11 is 7.49. The van der Waals surface area contributed by atoms with Crippen molar-refractivity contribution in [3.05, 3.63) is 51.2 Å². The molecule has 0 saturated carbocycles. The van der Waals surface area contributed by atoms with Crippen molar-refractivity contribution in [2.24, 2.45) is 5.92 Å². The van der Waals surface area contributed by atoms with Gasteiger partial charge in [-0.05, 0) is 48.9 Å². The first-order valence-corrected chi connectivity index (χ1v) is 10.4. The van der Waals surface area contributed by atoms with Crippen molar-refractivity contribution in [3.63, 3.8) is 0 Å². The summed E-state index contributed by atoms with van der Waals surface area (Å²) in [6.45, 7) is 2.55. The van der Waals surface area contributed by atoms with Crippen molar-refractivity contribution < 1.29 is 13.2 Å². The molecule has 0 amide bonds. The topological polar surface area (TPSA) is 54.5 Å². The predicted octanol–water partition coefficient (Wildman–Crippen LogP) is 3.99. The van der Waals surface area contributed by atoms with Crippen molar-refractivity contribution in [1.29, 1.82) is 0 Å². The number of hydrogen-bond acceptors (Lipinski definition) is 4. The largest absolute Gasteiger partial charge is 0.293 e. The molecule has 0 bridgehead atoms. The molecule has 24 heavy (non-hydrogen) atoms. The van der Waals surface area contributed by atoms with E-state index in [1.807, 2.05) is 24.4 Å². The molecule has 1 saturated heterocycles. The van der Waals surface area contributed by atoms with E-state index in [2.05, 4.69) is 0 Å². The fraction of sp³-hybridized carbons (Fsp3) is 0.353. The number of aryl methyl sites for hydroxylation is 1. The van der Waals surface area contributed by atoms with Gasteiger partial charge in [0.25, 0.3) is 0 Å². The first-order chi connectivity index (χ1) is 11.4. The average molecular weight is 384 g/mol. The number of thiophene rings is 1. The highest BCUT2D eigenvalue weighted by molar-refractivity contribution is 7.89. The predicted molar refractivity (Wildman–Crippen MR) is 96.3 cm³/mol. The molecule has 128 valence electrons. The highest BCUT2D eigenvalue weighted by atomic mass is 35.5. The molecule has 0 spiro atoms. The van der Waals surface area contributed by atoms with Crippen molar-refractivity contribution in [2.75, 3.05) is 13.1 Å². The second kappa shape index (κ2) is 6.96. The van der Waals surface area contributed by atoms with Gasteiger partial charge >= 0.3 is 0 Å². The van der Waals surface area contributed by atoms with Gasteiger partial charge in [0.2, 0.25) is 10.0 Å². The molecule has 1 fully saturated rings. The number of carbonyl (C=O) groups excluding carboxylic acids is 1. The second-order valence-electron chi connectivity index (χ2n) is 5.93. The maximum Gasteiger partial charge on any atom is 0.243 e. The normalized spacial score (nSPS) is 17.1. The molecule has 4 nitrogen and oxygen atoms in total. The van der Waals surface area contributed by atoms with Gasteiger partial charge in [-0.25, -0.2) is 8.42 Å². The zero-order valence-electron chi connectivity index (χ0n) is 13.2. The first kappa shape index (κ1) is 17.6. The summed E-state index contributed by atoms with van der Waals surface area (Å²) in [7, 11) is -3.56. The zero-order chi connectivity index (χ0) is 17.3. The molecule has 1 aliphatic rings. The van der Waals surface area contributed by atoms with Crippen LogP contribution >= 0.6 is 22.9 Å². The highest BCUT2D eigenvalue weighted by Gasteiger charge is 2.32. The fourth-order valence-corrected chi connectivity index (χ4v) is 5.35. The van der Waals surface area contributed by atoms with Gasteiger partial charge in [-0.1, -0.05) is 23.7 Å². The SMILES string of the molecule is Cc1ccc(S(=O)(=O)N2CCC(C(=O)c3cccs3)CC2)cc1Cl. The Kier molecular flexibility index (Phi) is 5.11. The van der Waals surface area contributed by atoms with Crippen molar-refractivity contribution in [2.45, 2.75) is 24.7 Å². The summed E-state index contributed by atoms with van der Waals surface area (Å²) < 4.78 is 26.9. The van der Waals surface area contributed by atoms with Crippen LogP contribution in [0.5, 0.6) is 0 Å². The maximum absolute atomic E-state index is 12.7. The van der Waals surface area contributed by atoms with Gasteiger partial charge in [0.1, 0.15) is 0 Å². The lowest BCUT2D eigenvalue weighted by Crippen LogP contribution is -2.40. The first-order valence-electron chi connectivity index (χ1n) is 7.73. The van der Waals surface area contributed by atoms with Crippen molar-refractivity contribution in [1.82, 2.24) is 4.31 Å². The van der Waals surface area contributed by atoms with Crippen LogP contribution in [-0.4, -0.2) is 31.6 Å². The minimum Gasteiger partial charge on any atom is -0.293 e. The van der Waals surface area contributed by atoms with Crippen LogP contribution in [0.15, 0.2) is 40.6 Å². The third-order valence-electron chi connectivity index (χ3n) is 4.37. The van der Waals surface area contributed by atoms with Gasteiger partial charge in [0, 0.05) is 24.0 Å². The molecule has 0 atom stereocenters. The van der Waals surface area contributed by atoms with Crippen molar-refractivity contribution in [3.8, 4) is 0 Å². The molecule has 0 N–H and O–H groups in total. The quantitative estimate of drug-likeness (QED) is 0.750. The molecule has 3 rings (SSSR count). The molecule has 0 radical (unpaired) electrons. The van der Waals surface area contributed by atoms with Crippen molar-refractivity contribution >= 4 is 38.7 Å². The lowest BCUT2D eigenvalue weighted by molar-refractivity contribution is 0.0879. The van der Waals surface area contributed by atoms with Crippen LogP contribution in [-0.2, 0) is 10.0 Å². The molecular weight excluding hydrogens is 366 g/mol. The summed E-state index contributed by atoms with van der Waals surface area (Å²) in [6, 6.07) is 8.47. The number of ketones is 1. The monoisotopic (exact) mass is 383 g/mol. The molecule has 7 heteroatoms. The molecule has 2 aromatic rings. The minimum absolute atomic E-state index is 0.100. The van der Waals surface area contributed by atoms with Gasteiger partial charge in [0.15, 0.2) is 5.78 Å². The number of rotatable bonds is 4. The molecule has 0 unspecified atom stereocenters. The Morgan fingerprint density at radius 2 is 1.96 bits per heavy atom. The Morgan fingerprint density at radius 1 is 1.25 bits per heavy atom. The number of benzene rings is 1. The molecular formula is C17H18ClNO3S2. The molecule has 0 aliphatic carbocycles. The van der Waals surface area contributed by atoms with E-state index in [0.29, 0.717) is 31.0 Å². The maximum atomic E-state index is 12.7. The number of halogens is 1. The van der Waals surface area contributed by atoms with E-state index < -0.39 is 10.0 Å². The Morgan fingerprint density at radius 3 is 2.54 bits per heavy atom. The van der Waals surface area contributed by atoms with E-state index in [0.717, 1.165) is 10.4 Å². The van der Waals surface area contributed by atoms with Crippen LogP contribution < -0.4 is 0 Å². The van der Waals surface area contributed by atoms with E-state index in [-0.39, 0.29) is 16.6 Å². The lowest BCUT2D eigenvalue weighted by Gasteiger charge is -2.30. The standard InChI is InChI=1S/C17H18ClNO3S2/c1-12-4-5-14(11-15(12)18)24(21,22)19-8-6-13(7-9-19)17(20)16-3-2-10-23-16/h2-5,10-11,13H,6-9H2,1H3. The van der Waals surface area contributed by atoms with Gasteiger partial charge in [-0.2, -0.15) is 4.31 Å². The molecule has 1 aromatic carbocycles. The van der Waals surface area contributed by atoms with E-state index in [1.54, 1.807) is 12.1 Å².